The molecule has 24 heavy (non-hydrogen) atoms. The molecule has 5 heteroatoms. The predicted molar refractivity (Wildman–Crippen MR) is 90.7 cm³/mol. The molecule has 1 aromatic carbocycles. The van der Waals surface area contributed by atoms with Gasteiger partial charge in [-0.25, -0.2) is 4.79 Å². The molecule has 5 nitrogen and oxygen atoms in total. The van der Waals surface area contributed by atoms with Crippen LogP contribution in [0, 0.1) is 0 Å². The van der Waals surface area contributed by atoms with E-state index in [-0.39, 0.29) is 5.91 Å². The second-order valence-electron chi connectivity index (χ2n) is 6.98. The van der Waals surface area contributed by atoms with E-state index in [0.717, 1.165) is 41.4 Å². The summed E-state index contributed by atoms with van der Waals surface area (Å²) in [5.74, 6) is -0.926. The van der Waals surface area contributed by atoms with Crippen LogP contribution in [0.1, 0.15) is 50.3 Å². The summed E-state index contributed by atoms with van der Waals surface area (Å²) in [4.78, 5) is 29.7. The molecule has 2 atom stereocenters. The highest BCUT2D eigenvalue weighted by atomic mass is 16.4. The SMILES string of the molecule is CCCC[C@]12CCC(=O)N1[C@H](C(=O)O)Cc1c2[nH]c2ccccc12. The smallest absolute Gasteiger partial charge is 0.326 e. The van der Waals surface area contributed by atoms with Crippen molar-refractivity contribution in [1.29, 1.82) is 0 Å². The molecule has 1 saturated heterocycles. The summed E-state index contributed by atoms with van der Waals surface area (Å²) < 4.78 is 0. The maximum absolute atomic E-state index is 12.6. The van der Waals surface area contributed by atoms with Gasteiger partial charge >= 0.3 is 5.97 Å². The number of para-hydroxylation sites is 1. The van der Waals surface area contributed by atoms with E-state index in [9.17, 15) is 14.7 Å². The Morgan fingerprint density at radius 3 is 2.96 bits per heavy atom. The Balaban J connectivity index is 1.97. The molecule has 0 radical (unpaired) electrons. The van der Waals surface area contributed by atoms with E-state index < -0.39 is 17.6 Å². The number of benzene rings is 1. The molecule has 0 saturated carbocycles. The van der Waals surface area contributed by atoms with E-state index in [1.807, 2.05) is 24.3 Å². The third-order valence-corrected chi connectivity index (χ3v) is 5.70. The van der Waals surface area contributed by atoms with Crippen molar-refractivity contribution in [1.82, 2.24) is 9.88 Å². The van der Waals surface area contributed by atoms with Crippen molar-refractivity contribution < 1.29 is 14.7 Å². The largest absolute Gasteiger partial charge is 0.480 e. The Kier molecular flexibility index (Phi) is 3.41. The second-order valence-corrected chi connectivity index (χ2v) is 6.98. The van der Waals surface area contributed by atoms with Gasteiger partial charge < -0.3 is 15.0 Å². The van der Waals surface area contributed by atoms with E-state index in [2.05, 4.69) is 11.9 Å². The van der Waals surface area contributed by atoms with E-state index in [0.29, 0.717) is 19.3 Å². The molecule has 126 valence electrons. The van der Waals surface area contributed by atoms with Crippen molar-refractivity contribution >= 4 is 22.8 Å². The van der Waals surface area contributed by atoms with Crippen molar-refractivity contribution in [2.24, 2.45) is 0 Å². The number of aromatic nitrogens is 1. The van der Waals surface area contributed by atoms with Crippen LogP contribution < -0.4 is 0 Å². The molecule has 1 amide bonds. The third-order valence-electron chi connectivity index (χ3n) is 5.70. The average Bonchev–Trinajstić information content (AvgIpc) is 3.11. The van der Waals surface area contributed by atoms with Gasteiger partial charge in [-0.3, -0.25) is 4.79 Å². The third kappa shape index (κ3) is 1.93. The Hall–Kier alpha value is -2.30. The molecule has 0 spiro atoms. The molecular weight excluding hydrogens is 304 g/mol. The molecule has 2 N–H and O–H groups in total. The number of H-pyrrole nitrogens is 1. The van der Waals surface area contributed by atoms with Gasteiger partial charge in [0, 0.05) is 29.4 Å². The summed E-state index contributed by atoms with van der Waals surface area (Å²) in [6.07, 6.45) is 4.34. The normalized spacial score (nSPS) is 25.8. The topological polar surface area (TPSA) is 73.4 Å². The van der Waals surface area contributed by atoms with Crippen molar-refractivity contribution in [2.75, 3.05) is 0 Å². The molecular formula is C19H22N2O3. The van der Waals surface area contributed by atoms with Gasteiger partial charge in [-0.2, -0.15) is 0 Å². The minimum absolute atomic E-state index is 0.0252. The summed E-state index contributed by atoms with van der Waals surface area (Å²) in [6, 6.07) is 7.28. The fourth-order valence-electron chi connectivity index (χ4n) is 4.64. The Labute approximate surface area is 140 Å². The number of fused-ring (bicyclic) bond motifs is 5. The molecule has 0 bridgehead atoms. The van der Waals surface area contributed by atoms with Crippen molar-refractivity contribution in [3.8, 4) is 0 Å². The molecule has 2 aromatic rings. The van der Waals surface area contributed by atoms with Crippen LogP contribution in [0.3, 0.4) is 0 Å². The highest BCUT2D eigenvalue weighted by Gasteiger charge is 2.55. The van der Waals surface area contributed by atoms with E-state index >= 15 is 0 Å². The monoisotopic (exact) mass is 326 g/mol. The number of rotatable bonds is 4. The lowest BCUT2D eigenvalue weighted by Crippen LogP contribution is -2.56. The average molecular weight is 326 g/mol. The van der Waals surface area contributed by atoms with Crippen LogP contribution >= 0.6 is 0 Å². The molecule has 1 fully saturated rings. The number of hydrogen-bond acceptors (Lipinski definition) is 2. The number of carboxylic acid groups (broad SMARTS) is 1. The molecule has 0 aliphatic carbocycles. The first-order valence-corrected chi connectivity index (χ1v) is 8.73. The quantitative estimate of drug-likeness (QED) is 0.906. The number of unbranched alkanes of at least 4 members (excludes halogenated alkanes) is 1. The highest BCUT2D eigenvalue weighted by molar-refractivity contribution is 5.91. The van der Waals surface area contributed by atoms with Crippen LogP contribution in [-0.4, -0.2) is 32.9 Å². The minimum Gasteiger partial charge on any atom is -0.480 e. The number of carboxylic acids is 1. The lowest BCUT2D eigenvalue weighted by atomic mass is 9.78. The Morgan fingerprint density at radius 1 is 1.42 bits per heavy atom. The van der Waals surface area contributed by atoms with Gasteiger partial charge in [0.05, 0.1) is 5.54 Å². The number of carbonyl (C=O) groups excluding carboxylic acids is 1. The summed E-state index contributed by atoms with van der Waals surface area (Å²) in [6.45, 7) is 2.13. The zero-order valence-corrected chi connectivity index (χ0v) is 13.8. The number of carbonyl (C=O) groups is 2. The van der Waals surface area contributed by atoms with Gasteiger partial charge in [-0.05, 0) is 24.5 Å². The van der Waals surface area contributed by atoms with E-state index in [4.69, 9.17) is 0 Å². The first-order chi connectivity index (χ1) is 11.6. The summed E-state index contributed by atoms with van der Waals surface area (Å²) in [7, 11) is 0. The van der Waals surface area contributed by atoms with Crippen LogP contribution in [0.4, 0.5) is 0 Å². The van der Waals surface area contributed by atoms with Gasteiger partial charge in [0.25, 0.3) is 0 Å². The molecule has 4 rings (SSSR count). The molecule has 3 heterocycles. The Morgan fingerprint density at radius 2 is 2.21 bits per heavy atom. The number of hydrogen-bond donors (Lipinski definition) is 2. The van der Waals surface area contributed by atoms with E-state index in [1.54, 1.807) is 4.90 Å². The van der Waals surface area contributed by atoms with Crippen molar-refractivity contribution in [3.63, 3.8) is 0 Å². The fourth-order valence-corrected chi connectivity index (χ4v) is 4.64. The summed E-state index contributed by atoms with van der Waals surface area (Å²) in [5, 5.41) is 10.9. The number of aromatic amines is 1. The first-order valence-electron chi connectivity index (χ1n) is 8.73. The van der Waals surface area contributed by atoms with E-state index in [1.165, 1.54) is 0 Å². The predicted octanol–water partition coefficient (Wildman–Crippen LogP) is 3.19. The molecule has 2 aliphatic rings. The van der Waals surface area contributed by atoms with Crippen LogP contribution in [0.25, 0.3) is 10.9 Å². The van der Waals surface area contributed by atoms with Gasteiger partial charge in [-0.1, -0.05) is 38.0 Å². The standard InChI is InChI=1S/C19H22N2O3/c1-2-3-9-19-10-8-16(22)21(19)15(18(23)24)11-13-12-6-4-5-7-14(12)20-17(13)19/h4-7,15,20H,2-3,8-11H2,1H3,(H,23,24)/t15-,19+/m0/s1. The summed E-state index contributed by atoms with van der Waals surface area (Å²) >= 11 is 0. The highest BCUT2D eigenvalue weighted by Crippen LogP contribution is 2.50. The maximum atomic E-state index is 12.6. The zero-order chi connectivity index (χ0) is 16.9. The number of nitrogens with one attached hydrogen (secondary N) is 1. The van der Waals surface area contributed by atoms with Crippen LogP contribution in [0.5, 0.6) is 0 Å². The van der Waals surface area contributed by atoms with Crippen molar-refractivity contribution in [3.05, 3.63) is 35.5 Å². The fraction of sp³-hybridized carbons (Fsp3) is 0.474. The van der Waals surface area contributed by atoms with Crippen LogP contribution in [0.15, 0.2) is 24.3 Å². The molecule has 0 unspecified atom stereocenters. The maximum Gasteiger partial charge on any atom is 0.326 e. The van der Waals surface area contributed by atoms with Gasteiger partial charge in [0.2, 0.25) is 5.91 Å². The molecule has 2 aliphatic heterocycles. The zero-order valence-electron chi connectivity index (χ0n) is 13.8. The Bertz CT molecular complexity index is 825. The van der Waals surface area contributed by atoms with Crippen molar-refractivity contribution in [2.45, 2.75) is 57.0 Å². The van der Waals surface area contributed by atoms with Crippen LogP contribution in [0.2, 0.25) is 0 Å². The van der Waals surface area contributed by atoms with Gasteiger partial charge in [-0.15, -0.1) is 0 Å². The van der Waals surface area contributed by atoms with Gasteiger partial charge in [0.1, 0.15) is 6.04 Å². The minimum atomic E-state index is -0.901. The second kappa shape index (κ2) is 5.36. The lowest BCUT2D eigenvalue weighted by Gasteiger charge is -2.45. The number of amides is 1. The van der Waals surface area contributed by atoms with Gasteiger partial charge in [0.15, 0.2) is 0 Å². The lowest BCUT2D eigenvalue weighted by molar-refractivity contribution is -0.154. The number of nitrogens with zero attached hydrogens (tertiary/aromatic N) is 1. The van der Waals surface area contributed by atoms with Crippen LogP contribution in [-0.2, 0) is 21.5 Å². The summed E-state index contributed by atoms with van der Waals surface area (Å²) in [5.41, 5.74) is 2.70. The first kappa shape index (κ1) is 15.2. The number of aliphatic carboxylic acids is 1. The molecule has 1 aromatic heterocycles.